The van der Waals surface area contributed by atoms with Crippen molar-refractivity contribution >= 4 is 5.97 Å². The van der Waals surface area contributed by atoms with Crippen LogP contribution in [0.1, 0.15) is 40.5 Å². The monoisotopic (exact) mass is 232 g/mol. The smallest absolute Gasteiger partial charge is 0.311 e. The third-order valence-corrected chi connectivity index (χ3v) is 2.54. The number of hydrogen-bond donors (Lipinski definition) is 3. The number of hydrogen-bond acceptors (Lipinski definition) is 3. The molecule has 96 valence electrons. The zero-order valence-electron chi connectivity index (χ0n) is 10.6. The van der Waals surface area contributed by atoms with Gasteiger partial charge in [-0.15, -0.1) is 0 Å². The summed E-state index contributed by atoms with van der Waals surface area (Å²) in [4.78, 5) is 11.0. The highest BCUT2D eigenvalue weighted by Crippen LogP contribution is 2.21. The fourth-order valence-electron chi connectivity index (χ4n) is 1.84. The molecule has 0 saturated carbocycles. The lowest BCUT2D eigenvalue weighted by molar-refractivity contribution is -0.152. The third kappa shape index (κ3) is 5.47. The summed E-state index contributed by atoms with van der Waals surface area (Å²) in [6.07, 6.45) is -1.17. The summed E-state index contributed by atoms with van der Waals surface area (Å²) in [5.41, 5.74) is 0. The largest absolute Gasteiger partial charge is 0.481 e. The van der Waals surface area contributed by atoms with Gasteiger partial charge in [0.2, 0.25) is 0 Å². The van der Waals surface area contributed by atoms with Crippen molar-refractivity contribution in [3.05, 3.63) is 0 Å². The van der Waals surface area contributed by atoms with Crippen LogP contribution in [0.4, 0.5) is 0 Å². The Labute approximate surface area is 97.3 Å². The summed E-state index contributed by atoms with van der Waals surface area (Å²) in [5.74, 6) is -1.78. The molecule has 0 rings (SSSR count). The molecule has 0 spiro atoms. The molecule has 0 saturated heterocycles. The summed E-state index contributed by atoms with van der Waals surface area (Å²) >= 11 is 0. The van der Waals surface area contributed by atoms with Gasteiger partial charge in [-0.25, -0.2) is 0 Å². The molecule has 0 aromatic heterocycles. The van der Waals surface area contributed by atoms with E-state index >= 15 is 0 Å². The van der Waals surface area contributed by atoms with Gasteiger partial charge in [0.1, 0.15) is 5.92 Å². The Morgan fingerprint density at radius 1 is 0.938 bits per heavy atom. The van der Waals surface area contributed by atoms with Crippen LogP contribution in [0.2, 0.25) is 0 Å². The minimum atomic E-state index is -1.12. The van der Waals surface area contributed by atoms with Gasteiger partial charge in [0, 0.05) is 0 Å². The topological polar surface area (TPSA) is 77.8 Å². The lowest BCUT2D eigenvalue weighted by Gasteiger charge is -2.26. The van der Waals surface area contributed by atoms with E-state index < -0.39 is 24.1 Å². The van der Waals surface area contributed by atoms with Crippen molar-refractivity contribution < 1.29 is 20.1 Å². The Kier molecular flexibility index (Phi) is 6.60. The van der Waals surface area contributed by atoms with Crippen LogP contribution in [0.3, 0.4) is 0 Å². The van der Waals surface area contributed by atoms with Gasteiger partial charge in [0.25, 0.3) is 0 Å². The molecule has 16 heavy (non-hydrogen) atoms. The zero-order valence-corrected chi connectivity index (χ0v) is 10.6. The molecular weight excluding hydrogens is 208 g/mol. The van der Waals surface area contributed by atoms with Crippen molar-refractivity contribution in [3.63, 3.8) is 0 Å². The highest BCUT2D eigenvalue weighted by atomic mass is 16.4. The predicted molar refractivity (Wildman–Crippen MR) is 62.0 cm³/mol. The summed E-state index contributed by atoms with van der Waals surface area (Å²) in [5, 5.41) is 28.6. The molecule has 0 aliphatic carbocycles. The van der Waals surface area contributed by atoms with Crippen LogP contribution in [-0.2, 0) is 4.79 Å². The van der Waals surface area contributed by atoms with Gasteiger partial charge >= 0.3 is 5.97 Å². The summed E-state index contributed by atoms with van der Waals surface area (Å²) < 4.78 is 0. The summed E-state index contributed by atoms with van der Waals surface area (Å²) in [7, 11) is 0. The molecule has 0 aromatic rings. The van der Waals surface area contributed by atoms with Gasteiger partial charge < -0.3 is 15.3 Å². The van der Waals surface area contributed by atoms with Gasteiger partial charge in [-0.2, -0.15) is 0 Å². The number of aliphatic hydroxyl groups excluding tert-OH is 2. The molecular formula is C12H24O4. The average molecular weight is 232 g/mol. The standard InChI is InChI=1S/C12H24O4/c1-7(2)5-9(13)11(12(15)16)10(14)6-8(3)4/h7-11,13-14H,5-6H2,1-4H3,(H,15,16). The van der Waals surface area contributed by atoms with E-state index in [1.807, 2.05) is 27.7 Å². The number of aliphatic carboxylic acids is 1. The van der Waals surface area contributed by atoms with Gasteiger partial charge in [-0.05, 0) is 24.7 Å². The molecule has 2 unspecified atom stereocenters. The van der Waals surface area contributed by atoms with E-state index in [4.69, 9.17) is 5.11 Å². The average Bonchev–Trinajstić information content (AvgIpc) is 1.98. The highest BCUT2D eigenvalue weighted by Gasteiger charge is 2.33. The van der Waals surface area contributed by atoms with Gasteiger partial charge in [0.15, 0.2) is 0 Å². The van der Waals surface area contributed by atoms with E-state index in [-0.39, 0.29) is 11.8 Å². The molecule has 0 aromatic carbocycles. The van der Waals surface area contributed by atoms with Crippen LogP contribution in [0.25, 0.3) is 0 Å². The maximum absolute atomic E-state index is 11.0. The number of carboxylic acid groups (broad SMARTS) is 1. The minimum Gasteiger partial charge on any atom is -0.481 e. The molecule has 0 aliphatic rings. The first-order valence-corrected chi connectivity index (χ1v) is 5.84. The Bertz CT molecular complexity index is 197. The highest BCUT2D eigenvalue weighted by molar-refractivity contribution is 5.71. The fourth-order valence-corrected chi connectivity index (χ4v) is 1.84. The minimum absolute atomic E-state index is 0.211. The predicted octanol–water partition coefficient (Wildman–Crippen LogP) is 1.50. The fraction of sp³-hybridized carbons (Fsp3) is 0.917. The SMILES string of the molecule is CC(C)CC(O)C(C(=O)O)C(O)CC(C)C. The number of rotatable bonds is 7. The van der Waals surface area contributed by atoms with Crippen LogP contribution >= 0.6 is 0 Å². The first kappa shape index (κ1) is 15.4. The van der Waals surface area contributed by atoms with Crippen molar-refractivity contribution in [2.45, 2.75) is 52.7 Å². The van der Waals surface area contributed by atoms with Crippen molar-refractivity contribution in [2.75, 3.05) is 0 Å². The molecule has 4 heteroatoms. The normalized spacial score (nSPS) is 17.5. The molecule has 0 aliphatic heterocycles. The van der Waals surface area contributed by atoms with E-state index in [0.29, 0.717) is 12.8 Å². The molecule has 2 atom stereocenters. The molecule has 4 nitrogen and oxygen atoms in total. The second-order valence-electron chi connectivity index (χ2n) is 5.26. The van der Waals surface area contributed by atoms with Gasteiger partial charge in [0.05, 0.1) is 12.2 Å². The van der Waals surface area contributed by atoms with E-state index in [2.05, 4.69) is 0 Å². The van der Waals surface area contributed by atoms with Crippen LogP contribution in [0.5, 0.6) is 0 Å². The van der Waals surface area contributed by atoms with Crippen molar-refractivity contribution in [1.82, 2.24) is 0 Å². The molecule has 0 heterocycles. The van der Waals surface area contributed by atoms with Crippen LogP contribution in [0.15, 0.2) is 0 Å². The van der Waals surface area contributed by atoms with Crippen molar-refractivity contribution in [2.24, 2.45) is 17.8 Å². The van der Waals surface area contributed by atoms with Crippen LogP contribution in [-0.4, -0.2) is 33.5 Å². The van der Waals surface area contributed by atoms with E-state index in [1.54, 1.807) is 0 Å². The lowest BCUT2D eigenvalue weighted by atomic mass is 9.86. The number of carbonyl (C=O) groups is 1. The Balaban J connectivity index is 4.53. The molecule has 0 fully saturated rings. The van der Waals surface area contributed by atoms with Gasteiger partial charge in [-0.3, -0.25) is 4.79 Å². The van der Waals surface area contributed by atoms with Crippen molar-refractivity contribution in [3.8, 4) is 0 Å². The second kappa shape index (κ2) is 6.86. The first-order valence-electron chi connectivity index (χ1n) is 5.84. The third-order valence-electron chi connectivity index (χ3n) is 2.54. The van der Waals surface area contributed by atoms with Crippen LogP contribution < -0.4 is 0 Å². The summed E-state index contributed by atoms with van der Waals surface area (Å²) in [6.45, 7) is 7.65. The molecule has 3 N–H and O–H groups in total. The Hall–Kier alpha value is -0.610. The van der Waals surface area contributed by atoms with Crippen LogP contribution in [0, 0.1) is 17.8 Å². The second-order valence-corrected chi connectivity index (χ2v) is 5.26. The maximum Gasteiger partial charge on any atom is 0.311 e. The van der Waals surface area contributed by atoms with Crippen molar-refractivity contribution in [1.29, 1.82) is 0 Å². The molecule has 0 bridgehead atoms. The van der Waals surface area contributed by atoms with E-state index in [0.717, 1.165) is 0 Å². The lowest BCUT2D eigenvalue weighted by Crippen LogP contribution is -2.39. The van der Waals surface area contributed by atoms with Gasteiger partial charge in [-0.1, -0.05) is 27.7 Å². The molecule has 0 amide bonds. The number of carboxylic acids is 1. The first-order chi connectivity index (χ1) is 7.25. The molecule has 0 radical (unpaired) electrons. The maximum atomic E-state index is 11.0. The Morgan fingerprint density at radius 2 is 1.25 bits per heavy atom. The quantitative estimate of drug-likeness (QED) is 0.621. The van der Waals surface area contributed by atoms with E-state index in [1.165, 1.54) is 0 Å². The summed E-state index contributed by atoms with van der Waals surface area (Å²) in [6, 6.07) is 0. The zero-order chi connectivity index (χ0) is 12.9. The van der Waals surface area contributed by atoms with E-state index in [9.17, 15) is 15.0 Å². The Morgan fingerprint density at radius 3 is 1.44 bits per heavy atom. The number of aliphatic hydroxyl groups is 2.